The molecule has 82 valence electrons. The quantitative estimate of drug-likeness (QED) is 0.558. The molecule has 0 bridgehead atoms. The Kier molecular flexibility index (Phi) is 2.97. The Morgan fingerprint density at radius 3 is 3.06 bits per heavy atom. The van der Waals surface area contributed by atoms with Crippen molar-refractivity contribution in [3.05, 3.63) is 23.8 Å². The number of ether oxygens (including phenoxy) is 3. The van der Waals surface area contributed by atoms with Crippen LogP contribution in [-0.2, 0) is 4.74 Å². The van der Waals surface area contributed by atoms with Crippen molar-refractivity contribution in [1.29, 1.82) is 0 Å². The summed E-state index contributed by atoms with van der Waals surface area (Å²) in [7, 11) is 0. The lowest BCUT2D eigenvalue weighted by molar-refractivity contribution is 0.0556. The van der Waals surface area contributed by atoms with E-state index in [9.17, 15) is 4.79 Å². The lowest BCUT2D eigenvalue weighted by Gasteiger charge is -2.02. The van der Waals surface area contributed by atoms with Crippen LogP contribution in [0.2, 0.25) is 0 Å². The van der Waals surface area contributed by atoms with E-state index in [1.165, 1.54) is 0 Å². The van der Waals surface area contributed by atoms with E-state index in [0.29, 0.717) is 17.1 Å². The highest BCUT2D eigenvalue weighted by molar-refractivity contribution is 5.90. The van der Waals surface area contributed by atoms with E-state index in [1.807, 2.05) is 0 Å². The zero-order valence-electron chi connectivity index (χ0n) is 8.78. The second kappa shape index (κ2) is 4.58. The molecular weight excluding hydrogens is 208 g/mol. The number of fused-ring (bicyclic) bond motifs is 1. The Balaban J connectivity index is 2.08. The molecule has 0 saturated carbocycles. The van der Waals surface area contributed by atoms with Crippen molar-refractivity contribution in [1.82, 2.24) is 0 Å². The summed E-state index contributed by atoms with van der Waals surface area (Å²) in [6, 6.07) is 4.92. The number of esters is 1. The van der Waals surface area contributed by atoms with Crippen molar-refractivity contribution < 1.29 is 19.0 Å². The summed E-state index contributed by atoms with van der Waals surface area (Å²) >= 11 is 0. The molecule has 0 aromatic heterocycles. The third-order valence-electron chi connectivity index (χ3n) is 2.06. The molecule has 0 fully saturated rings. The molecule has 0 aliphatic carbocycles. The highest BCUT2D eigenvalue weighted by atomic mass is 16.7. The molecule has 1 aliphatic rings. The van der Waals surface area contributed by atoms with Gasteiger partial charge in [-0.3, -0.25) is 0 Å². The lowest BCUT2D eigenvalue weighted by atomic mass is 10.2. The van der Waals surface area contributed by atoms with Gasteiger partial charge in [0.25, 0.3) is 0 Å². The molecular formula is C12H10O4. The summed E-state index contributed by atoms with van der Waals surface area (Å²) in [6.45, 7) is 1.98. The molecule has 0 N–H and O–H groups in total. The van der Waals surface area contributed by atoms with Crippen LogP contribution in [-0.4, -0.2) is 19.4 Å². The minimum atomic E-state index is -0.416. The van der Waals surface area contributed by atoms with Gasteiger partial charge in [-0.1, -0.05) is 5.92 Å². The Morgan fingerprint density at radius 2 is 2.25 bits per heavy atom. The molecule has 1 heterocycles. The van der Waals surface area contributed by atoms with E-state index in [4.69, 9.17) is 14.2 Å². The predicted molar refractivity (Wildman–Crippen MR) is 56.3 cm³/mol. The van der Waals surface area contributed by atoms with E-state index >= 15 is 0 Å². The minimum absolute atomic E-state index is 0.101. The molecule has 4 nitrogen and oxygen atoms in total. The smallest absolute Gasteiger partial charge is 0.339 e. The number of benzene rings is 1. The van der Waals surface area contributed by atoms with Crippen molar-refractivity contribution in [2.24, 2.45) is 0 Å². The first-order chi connectivity index (χ1) is 7.81. The normalized spacial score (nSPS) is 11.6. The van der Waals surface area contributed by atoms with E-state index in [2.05, 4.69) is 11.8 Å². The highest BCUT2D eigenvalue weighted by Crippen LogP contribution is 2.32. The van der Waals surface area contributed by atoms with Gasteiger partial charge in [-0.2, -0.15) is 0 Å². The standard InChI is InChI=1S/C12H10O4/c1-2-3-6-14-12(13)9-4-5-10-11(7-9)16-8-15-10/h4-5,7H,6,8H2,1H3. The summed E-state index contributed by atoms with van der Waals surface area (Å²) in [5.74, 6) is 6.09. The molecule has 0 amide bonds. The molecule has 4 heteroatoms. The average molecular weight is 218 g/mol. The summed E-state index contributed by atoms with van der Waals surface area (Å²) in [6.07, 6.45) is 0. The zero-order chi connectivity index (χ0) is 11.4. The average Bonchev–Trinajstić information content (AvgIpc) is 2.76. The fraction of sp³-hybridized carbons (Fsp3) is 0.250. The topological polar surface area (TPSA) is 44.8 Å². The van der Waals surface area contributed by atoms with Crippen LogP contribution in [0.1, 0.15) is 17.3 Å². The molecule has 0 saturated heterocycles. The number of hydrogen-bond donors (Lipinski definition) is 0. The zero-order valence-corrected chi connectivity index (χ0v) is 8.78. The van der Waals surface area contributed by atoms with E-state index in [1.54, 1.807) is 25.1 Å². The van der Waals surface area contributed by atoms with Gasteiger partial charge in [0, 0.05) is 0 Å². The summed E-state index contributed by atoms with van der Waals surface area (Å²) < 4.78 is 15.2. The Hall–Kier alpha value is -2.15. The molecule has 0 radical (unpaired) electrons. The van der Waals surface area contributed by atoms with Crippen molar-refractivity contribution in [2.75, 3.05) is 13.4 Å². The van der Waals surface area contributed by atoms with Gasteiger partial charge in [-0.05, 0) is 25.1 Å². The first-order valence-corrected chi connectivity index (χ1v) is 4.77. The first-order valence-electron chi connectivity index (χ1n) is 4.77. The number of hydrogen-bond acceptors (Lipinski definition) is 4. The van der Waals surface area contributed by atoms with Crippen molar-refractivity contribution in [3.8, 4) is 23.3 Å². The van der Waals surface area contributed by atoms with Crippen LogP contribution >= 0.6 is 0 Å². The molecule has 0 unspecified atom stereocenters. The van der Waals surface area contributed by atoms with Gasteiger partial charge in [0.1, 0.15) is 0 Å². The van der Waals surface area contributed by atoms with E-state index in [-0.39, 0.29) is 13.4 Å². The van der Waals surface area contributed by atoms with Gasteiger partial charge >= 0.3 is 5.97 Å². The second-order valence-electron chi connectivity index (χ2n) is 3.07. The molecule has 1 aromatic rings. The van der Waals surface area contributed by atoms with Gasteiger partial charge in [-0.15, -0.1) is 5.92 Å². The Bertz CT molecular complexity index is 468. The molecule has 2 rings (SSSR count). The van der Waals surface area contributed by atoms with Crippen LogP contribution in [0.4, 0.5) is 0 Å². The molecule has 16 heavy (non-hydrogen) atoms. The fourth-order valence-electron chi connectivity index (χ4n) is 1.28. The third kappa shape index (κ3) is 2.09. The molecule has 0 spiro atoms. The van der Waals surface area contributed by atoms with Gasteiger partial charge in [0.2, 0.25) is 6.79 Å². The van der Waals surface area contributed by atoms with Gasteiger partial charge in [-0.25, -0.2) is 4.79 Å². The molecule has 1 aliphatic heterocycles. The maximum absolute atomic E-state index is 11.5. The first kappa shape index (κ1) is 10.4. The maximum atomic E-state index is 11.5. The highest BCUT2D eigenvalue weighted by Gasteiger charge is 2.16. The van der Waals surface area contributed by atoms with Gasteiger partial charge in [0.15, 0.2) is 18.1 Å². The van der Waals surface area contributed by atoms with Gasteiger partial charge < -0.3 is 14.2 Å². The SMILES string of the molecule is CC#CCOC(=O)c1ccc2c(c1)OCO2. The number of carbonyl (C=O) groups is 1. The van der Waals surface area contributed by atoms with Crippen LogP contribution in [0.15, 0.2) is 18.2 Å². The second-order valence-corrected chi connectivity index (χ2v) is 3.07. The Morgan fingerprint density at radius 1 is 1.44 bits per heavy atom. The van der Waals surface area contributed by atoms with Crippen molar-refractivity contribution >= 4 is 5.97 Å². The van der Waals surface area contributed by atoms with E-state index in [0.717, 1.165) is 0 Å². The minimum Gasteiger partial charge on any atom is -0.454 e. The van der Waals surface area contributed by atoms with Crippen LogP contribution in [0.25, 0.3) is 0 Å². The molecule has 0 atom stereocenters. The lowest BCUT2D eigenvalue weighted by Crippen LogP contribution is -2.05. The van der Waals surface area contributed by atoms with Crippen molar-refractivity contribution in [2.45, 2.75) is 6.92 Å². The van der Waals surface area contributed by atoms with Crippen LogP contribution < -0.4 is 9.47 Å². The summed E-state index contributed by atoms with van der Waals surface area (Å²) in [4.78, 5) is 11.5. The largest absolute Gasteiger partial charge is 0.454 e. The van der Waals surface area contributed by atoms with E-state index < -0.39 is 5.97 Å². The summed E-state index contributed by atoms with van der Waals surface area (Å²) in [5.41, 5.74) is 0.433. The maximum Gasteiger partial charge on any atom is 0.339 e. The number of carbonyl (C=O) groups excluding carboxylic acids is 1. The van der Waals surface area contributed by atoms with Crippen LogP contribution in [0, 0.1) is 11.8 Å². The van der Waals surface area contributed by atoms with Crippen LogP contribution in [0.5, 0.6) is 11.5 Å². The molecule has 1 aromatic carbocycles. The van der Waals surface area contributed by atoms with Crippen LogP contribution in [0.3, 0.4) is 0 Å². The Labute approximate surface area is 93.1 Å². The predicted octanol–water partition coefficient (Wildman–Crippen LogP) is 1.60. The van der Waals surface area contributed by atoms with Gasteiger partial charge in [0.05, 0.1) is 5.56 Å². The third-order valence-corrected chi connectivity index (χ3v) is 2.06. The monoisotopic (exact) mass is 218 g/mol. The number of rotatable bonds is 2. The van der Waals surface area contributed by atoms with Crippen molar-refractivity contribution in [3.63, 3.8) is 0 Å². The fourth-order valence-corrected chi connectivity index (χ4v) is 1.28. The summed E-state index contributed by atoms with van der Waals surface area (Å²) in [5, 5.41) is 0.